The average Bonchev–Trinajstić information content (AvgIpc) is 2.80. The van der Waals surface area contributed by atoms with Gasteiger partial charge in [0.1, 0.15) is 11.5 Å². The minimum atomic E-state index is -0.375. The summed E-state index contributed by atoms with van der Waals surface area (Å²) in [4.78, 5) is 28.1. The maximum atomic E-state index is 13.9. The van der Waals surface area contributed by atoms with Crippen LogP contribution in [0.15, 0.2) is 42.5 Å². The van der Waals surface area contributed by atoms with Crippen LogP contribution in [0.25, 0.3) is 0 Å². The molecule has 1 amide bonds. The zero-order valence-corrected chi connectivity index (χ0v) is 17.4. The third kappa shape index (κ3) is 4.78. The number of para-hydroxylation sites is 2. The van der Waals surface area contributed by atoms with Gasteiger partial charge in [-0.1, -0.05) is 12.1 Å². The molecule has 0 aromatic heterocycles. The Morgan fingerprint density at radius 2 is 1.65 bits per heavy atom. The predicted octanol–water partition coefficient (Wildman–Crippen LogP) is 4.58. The van der Waals surface area contributed by atoms with E-state index in [1.54, 1.807) is 24.3 Å². The number of carbonyl (C=O) groups is 1. The van der Waals surface area contributed by atoms with Crippen molar-refractivity contribution in [2.75, 3.05) is 41.3 Å². The molecule has 2 aromatic rings. The first kappa shape index (κ1) is 21.1. The molecule has 164 valence electrons. The number of halogens is 1. The van der Waals surface area contributed by atoms with Gasteiger partial charge in [-0.2, -0.15) is 0 Å². The molecule has 0 spiro atoms. The molecule has 4 rings (SSSR count). The molecule has 2 fully saturated rings. The molecule has 0 saturated carbocycles. The molecular formula is C23H27FN4O3. The van der Waals surface area contributed by atoms with Crippen LogP contribution in [0.1, 0.15) is 32.1 Å². The van der Waals surface area contributed by atoms with Gasteiger partial charge in [0, 0.05) is 38.2 Å². The number of amides is 1. The third-order valence-electron chi connectivity index (χ3n) is 6.20. The van der Waals surface area contributed by atoms with Crippen molar-refractivity contribution < 1.29 is 14.1 Å². The lowest BCUT2D eigenvalue weighted by Gasteiger charge is -2.33. The highest BCUT2D eigenvalue weighted by atomic mass is 19.1. The van der Waals surface area contributed by atoms with Gasteiger partial charge >= 0.3 is 0 Å². The summed E-state index contributed by atoms with van der Waals surface area (Å²) in [6.45, 7) is 2.93. The summed E-state index contributed by atoms with van der Waals surface area (Å²) >= 11 is 0. The first-order chi connectivity index (χ1) is 15.0. The zero-order valence-electron chi connectivity index (χ0n) is 17.4. The smallest absolute Gasteiger partial charge is 0.292 e. The fourth-order valence-electron chi connectivity index (χ4n) is 4.52. The normalized spacial score (nSPS) is 17.5. The Morgan fingerprint density at radius 1 is 0.968 bits per heavy atom. The number of nitrogens with one attached hydrogen (secondary N) is 1. The Labute approximate surface area is 181 Å². The van der Waals surface area contributed by atoms with Crippen molar-refractivity contribution in [3.63, 3.8) is 0 Å². The molecule has 7 nitrogen and oxygen atoms in total. The van der Waals surface area contributed by atoms with Crippen LogP contribution in [-0.2, 0) is 4.79 Å². The van der Waals surface area contributed by atoms with Crippen molar-refractivity contribution in [2.24, 2.45) is 5.92 Å². The fourth-order valence-corrected chi connectivity index (χ4v) is 4.52. The number of carbonyl (C=O) groups excluding carboxylic acids is 1. The molecule has 0 unspecified atom stereocenters. The monoisotopic (exact) mass is 426 g/mol. The van der Waals surface area contributed by atoms with Crippen molar-refractivity contribution >= 4 is 28.7 Å². The first-order valence-corrected chi connectivity index (χ1v) is 10.9. The van der Waals surface area contributed by atoms with Gasteiger partial charge in [-0.15, -0.1) is 0 Å². The Hall–Kier alpha value is -3.16. The quantitative estimate of drug-likeness (QED) is 0.559. The molecule has 2 aliphatic heterocycles. The standard InChI is InChI=1S/C23H27FN4O3/c24-18-8-9-20(26-12-4-1-5-13-26)19(16-18)25-23(29)17-10-14-27(15-11-17)21-6-2-3-7-22(21)28(30)31/h2-3,6-9,16-17H,1,4-5,10-15H2,(H,25,29). The SMILES string of the molecule is O=C(Nc1cc(F)ccc1N1CCCCC1)C1CCN(c2ccccc2[N+](=O)[O-])CC1. The Morgan fingerprint density at radius 3 is 2.35 bits per heavy atom. The van der Waals surface area contributed by atoms with E-state index in [9.17, 15) is 19.3 Å². The number of anilines is 3. The van der Waals surface area contributed by atoms with Gasteiger partial charge in [0.25, 0.3) is 5.69 Å². The molecule has 0 aliphatic carbocycles. The Balaban J connectivity index is 1.42. The lowest BCUT2D eigenvalue weighted by atomic mass is 9.95. The van der Waals surface area contributed by atoms with Crippen LogP contribution in [0.4, 0.5) is 27.1 Å². The molecule has 2 aromatic carbocycles. The van der Waals surface area contributed by atoms with Gasteiger partial charge < -0.3 is 15.1 Å². The van der Waals surface area contributed by atoms with Crippen LogP contribution in [-0.4, -0.2) is 37.0 Å². The van der Waals surface area contributed by atoms with E-state index in [-0.39, 0.29) is 28.3 Å². The van der Waals surface area contributed by atoms with E-state index >= 15 is 0 Å². The minimum Gasteiger partial charge on any atom is -0.370 e. The summed E-state index contributed by atoms with van der Waals surface area (Å²) in [5.74, 6) is -0.704. The van der Waals surface area contributed by atoms with E-state index in [0.717, 1.165) is 31.6 Å². The van der Waals surface area contributed by atoms with E-state index in [0.29, 0.717) is 37.3 Å². The summed E-state index contributed by atoms with van der Waals surface area (Å²) in [5, 5.41) is 14.3. The maximum Gasteiger partial charge on any atom is 0.292 e. The van der Waals surface area contributed by atoms with Crippen molar-refractivity contribution in [3.05, 3.63) is 58.4 Å². The van der Waals surface area contributed by atoms with E-state index in [1.807, 2.05) is 4.90 Å². The fraction of sp³-hybridized carbons (Fsp3) is 0.435. The average molecular weight is 426 g/mol. The van der Waals surface area contributed by atoms with Crippen LogP contribution >= 0.6 is 0 Å². The van der Waals surface area contributed by atoms with Crippen LogP contribution in [0.3, 0.4) is 0 Å². The van der Waals surface area contributed by atoms with Crippen molar-refractivity contribution in [1.29, 1.82) is 0 Å². The van der Waals surface area contributed by atoms with Crippen LogP contribution < -0.4 is 15.1 Å². The summed E-state index contributed by atoms with van der Waals surface area (Å²) < 4.78 is 13.9. The lowest BCUT2D eigenvalue weighted by Crippen LogP contribution is -2.38. The van der Waals surface area contributed by atoms with E-state index in [2.05, 4.69) is 10.2 Å². The molecule has 31 heavy (non-hydrogen) atoms. The van der Waals surface area contributed by atoms with Crippen molar-refractivity contribution in [1.82, 2.24) is 0 Å². The van der Waals surface area contributed by atoms with Gasteiger partial charge in [-0.25, -0.2) is 4.39 Å². The Kier molecular flexibility index (Phi) is 6.34. The summed E-state index contributed by atoms with van der Waals surface area (Å²) in [5.41, 5.74) is 2.06. The number of nitro benzene ring substituents is 1. The summed E-state index contributed by atoms with van der Waals surface area (Å²) in [6.07, 6.45) is 4.56. The molecule has 0 bridgehead atoms. The molecule has 2 saturated heterocycles. The van der Waals surface area contributed by atoms with Gasteiger partial charge in [-0.3, -0.25) is 14.9 Å². The molecule has 0 atom stereocenters. The van der Waals surface area contributed by atoms with Crippen LogP contribution in [0.5, 0.6) is 0 Å². The minimum absolute atomic E-state index is 0.0799. The second-order valence-electron chi connectivity index (χ2n) is 8.21. The molecule has 2 aliphatic rings. The van der Waals surface area contributed by atoms with Gasteiger partial charge in [0.15, 0.2) is 0 Å². The van der Waals surface area contributed by atoms with Crippen LogP contribution in [0, 0.1) is 21.8 Å². The van der Waals surface area contributed by atoms with Crippen LogP contribution in [0.2, 0.25) is 0 Å². The highest BCUT2D eigenvalue weighted by Crippen LogP contribution is 2.33. The van der Waals surface area contributed by atoms with Gasteiger partial charge in [0.05, 0.1) is 16.3 Å². The molecule has 8 heteroatoms. The summed E-state index contributed by atoms with van der Waals surface area (Å²) in [6, 6.07) is 11.3. The second-order valence-corrected chi connectivity index (χ2v) is 8.21. The number of nitro groups is 1. The highest BCUT2D eigenvalue weighted by molar-refractivity contribution is 5.96. The second kappa shape index (κ2) is 9.32. The van der Waals surface area contributed by atoms with E-state index < -0.39 is 0 Å². The molecule has 1 N–H and O–H groups in total. The summed E-state index contributed by atoms with van der Waals surface area (Å²) in [7, 11) is 0. The number of hydrogen-bond donors (Lipinski definition) is 1. The number of nitrogens with zero attached hydrogens (tertiary/aromatic N) is 3. The number of rotatable bonds is 5. The van der Waals surface area contributed by atoms with Crippen molar-refractivity contribution in [2.45, 2.75) is 32.1 Å². The predicted molar refractivity (Wildman–Crippen MR) is 119 cm³/mol. The zero-order chi connectivity index (χ0) is 21.8. The topological polar surface area (TPSA) is 78.7 Å². The third-order valence-corrected chi connectivity index (χ3v) is 6.20. The largest absolute Gasteiger partial charge is 0.370 e. The Bertz CT molecular complexity index is 954. The maximum absolute atomic E-state index is 13.9. The number of benzene rings is 2. The van der Waals surface area contributed by atoms with Gasteiger partial charge in [-0.05, 0) is 56.4 Å². The first-order valence-electron chi connectivity index (χ1n) is 10.9. The lowest BCUT2D eigenvalue weighted by molar-refractivity contribution is -0.384. The van der Waals surface area contributed by atoms with E-state index in [4.69, 9.17) is 0 Å². The van der Waals surface area contributed by atoms with Gasteiger partial charge in [0.2, 0.25) is 5.91 Å². The molecule has 0 radical (unpaired) electrons. The number of piperidine rings is 2. The molecular weight excluding hydrogens is 399 g/mol. The van der Waals surface area contributed by atoms with Crippen molar-refractivity contribution in [3.8, 4) is 0 Å². The number of hydrogen-bond acceptors (Lipinski definition) is 5. The van der Waals surface area contributed by atoms with E-state index in [1.165, 1.54) is 24.6 Å². The molecule has 2 heterocycles. The highest BCUT2D eigenvalue weighted by Gasteiger charge is 2.29.